The number of aliphatic hydroxyl groups is 1. The Labute approximate surface area is 206 Å². The maximum Gasteiger partial charge on any atom is 0.237 e. The van der Waals surface area contributed by atoms with Crippen LogP contribution in [0.2, 0.25) is 0 Å². The maximum atomic E-state index is 13.5. The number of hydrogen-bond acceptors (Lipinski definition) is 6. The second-order valence-corrected chi connectivity index (χ2v) is 10.5. The summed E-state index contributed by atoms with van der Waals surface area (Å²) in [6.07, 6.45) is 0.162. The summed E-state index contributed by atoms with van der Waals surface area (Å²) in [4.78, 5) is 18.6. The Bertz CT molecular complexity index is 902. The fourth-order valence-electron chi connectivity index (χ4n) is 4.07. The van der Waals surface area contributed by atoms with Crippen LogP contribution in [0.1, 0.15) is 44.2 Å². The van der Waals surface area contributed by atoms with Gasteiger partial charge in [-0.05, 0) is 67.5 Å². The van der Waals surface area contributed by atoms with Gasteiger partial charge in [0, 0.05) is 30.6 Å². The van der Waals surface area contributed by atoms with Crippen molar-refractivity contribution >= 4 is 17.2 Å². The lowest BCUT2D eigenvalue weighted by molar-refractivity contribution is -0.137. The van der Waals surface area contributed by atoms with Gasteiger partial charge in [0.15, 0.2) is 0 Å². The van der Waals surface area contributed by atoms with Crippen molar-refractivity contribution < 1.29 is 23.8 Å². The van der Waals surface area contributed by atoms with Crippen LogP contribution in [0.5, 0.6) is 5.75 Å². The van der Waals surface area contributed by atoms with E-state index in [1.165, 1.54) is 17.0 Å². The second-order valence-electron chi connectivity index (χ2n) is 9.53. The summed E-state index contributed by atoms with van der Waals surface area (Å²) >= 11 is 1.70. The van der Waals surface area contributed by atoms with Gasteiger partial charge >= 0.3 is 0 Å². The molecule has 0 spiro atoms. The van der Waals surface area contributed by atoms with Crippen molar-refractivity contribution in [2.75, 3.05) is 39.5 Å². The lowest BCUT2D eigenvalue weighted by atomic mass is 10.00. The molecule has 8 heteroatoms. The van der Waals surface area contributed by atoms with Crippen LogP contribution in [-0.4, -0.2) is 72.4 Å². The van der Waals surface area contributed by atoms with Crippen LogP contribution in [0.15, 0.2) is 35.7 Å². The molecule has 1 amide bonds. The molecule has 6 nitrogen and oxygen atoms in total. The van der Waals surface area contributed by atoms with E-state index < -0.39 is 6.10 Å². The molecule has 0 radical (unpaired) electrons. The zero-order chi connectivity index (χ0) is 24.7. The van der Waals surface area contributed by atoms with Crippen LogP contribution in [0.25, 0.3) is 0 Å². The van der Waals surface area contributed by atoms with Crippen molar-refractivity contribution in [2.45, 2.75) is 52.3 Å². The molecule has 0 saturated carbocycles. The van der Waals surface area contributed by atoms with Crippen LogP contribution < -0.4 is 4.74 Å². The molecule has 2 heterocycles. The summed E-state index contributed by atoms with van der Waals surface area (Å²) in [5, 5.41) is 12.5. The molecule has 0 fully saturated rings. The zero-order valence-electron chi connectivity index (χ0n) is 20.6. The van der Waals surface area contributed by atoms with E-state index in [9.17, 15) is 14.3 Å². The molecule has 1 aliphatic heterocycles. The second kappa shape index (κ2) is 12.6. The number of nitrogens with zero attached hydrogens (tertiary/aromatic N) is 2. The average Bonchev–Trinajstić information content (AvgIpc) is 3.26. The molecule has 2 atom stereocenters. The Hall–Kier alpha value is -2.00. The smallest absolute Gasteiger partial charge is 0.237 e. The van der Waals surface area contributed by atoms with Gasteiger partial charge in [-0.3, -0.25) is 9.69 Å². The van der Waals surface area contributed by atoms with E-state index in [-0.39, 0.29) is 37.0 Å². The van der Waals surface area contributed by atoms with Crippen LogP contribution in [-0.2, 0) is 16.0 Å². The number of amides is 1. The lowest BCUT2D eigenvalue weighted by Gasteiger charge is -2.38. The summed E-state index contributed by atoms with van der Waals surface area (Å²) < 4.78 is 24.8. The fraction of sp³-hybridized carbons (Fsp3) is 0.577. The number of halogens is 1. The molecule has 0 saturated heterocycles. The van der Waals surface area contributed by atoms with Gasteiger partial charge in [0.1, 0.15) is 18.2 Å². The summed E-state index contributed by atoms with van der Waals surface area (Å²) in [5.41, 5.74) is 1.12. The van der Waals surface area contributed by atoms with Gasteiger partial charge in [-0.1, -0.05) is 13.8 Å². The molecular weight excluding hydrogens is 455 g/mol. The number of rotatable bonds is 12. The number of aliphatic hydroxyl groups excluding tert-OH is 1. The van der Waals surface area contributed by atoms with E-state index in [0.717, 1.165) is 12.0 Å². The molecule has 2 aromatic rings. The van der Waals surface area contributed by atoms with E-state index in [1.807, 2.05) is 23.6 Å². The number of carbonyl (C=O) groups excluding carboxylic acids is 1. The van der Waals surface area contributed by atoms with Gasteiger partial charge in [0.2, 0.25) is 5.91 Å². The minimum Gasteiger partial charge on any atom is -0.491 e. The Morgan fingerprint density at radius 2 is 1.94 bits per heavy atom. The Morgan fingerprint density at radius 3 is 2.62 bits per heavy atom. The first-order valence-corrected chi connectivity index (χ1v) is 12.9. The Balaban J connectivity index is 1.65. The largest absolute Gasteiger partial charge is 0.491 e. The molecular formula is C26H37FN2O4S. The molecule has 1 aromatic carbocycles. The summed E-state index contributed by atoms with van der Waals surface area (Å²) in [5.74, 6) is 0.677. The van der Waals surface area contributed by atoms with Gasteiger partial charge in [-0.25, -0.2) is 4.39 Å². The number of ether oxygens (including phenoxy) is 2. The Morgan fingerprint density at radius 1 is 1.21 bits per heavy atom. The van der Waals surface area contributed by atoms with E-state index >= 15 is 0 Å². The van der Waals surface area contributed by atoms with Crippen molar-refractivity contribution in [1.82, 2.24) is 9.80 Å². The highest BCUT2D eigenvalue weighted by Gasteiger charge is 2.33. The van der Waals surface area contributed by atoms with Crippen molar-refractivity contribution in [3.63, 3.8) is 0 Å². The summed E-state index contributed by atoms with van der Waals surface area (Å²) in [6, 6.07) is 7.88. The average molecular weight is 493 g/mol. The minimum atomic E-state index is -0.656. The third kappa shape index (κ3) is 7.50. The highest BCUT2D eigenvalue weighted by Crippen LogP contribution is 2.34. The maximum absolute atomic E-state index is 13.5. The fourth-order valence-corrected chi connectivity index (χ4v) is 4.99. The van der Waals surface area contributed by atoms with Gasteiger partial charge in [-0.15, -0.1) is 11.3 Å². The molecule has 1 aromatic heterocycles. The summed E-state index contributed by atoms with van der Waals surface area (Å²) in [7, 11) is 0. The highest BCUT2D eigenvalue weighted by molar-refractivity contribution is 7.10. The van der Waals surface area contributed by atoms with Crippen LogP contribution in [0, 0.1) is 11.7 Å². The topological polar surface area (TPSA) is 62.2 Å². The Kier molecular flexibility index (Phi) is 9.88. The quantitative estimate of drug-likeness (QED) is 0.483. The van der Waals surface area contributed by atoms with E-state index in [0.29, 0.717) is 38.0 Å². The third-order valence-electron chi connectivity index (χ3n) is 5.91. The van der Waals surface area contributed by atoms with Crippen molar-refractivity contribution in [3.8, 4) is 5.75 Å². The highest BCUT2D eigenvalue weighted by atomic mass is 32.1. The van der Waals surface area contributed by atoms with E-state index in [4.69, 9.17) is 9.47 Å². The van der Waals surface area contributed by atoms with Crippen molar-refractivity contribution in [3.05, 3.63) is 52.0 Å². The van der Waals surface area contributed by atoms with Gasteiger partial charge in [-0.2, -0.15) is 0 Å². The normalized spacial score (nSPS) is 16.9. The molecule has 1 aliphatic rings. The number of benzene rings is 1. The number of carbonyl (C=O) groups is 1. The van der Waals surface area contributed by atoms with Crippen molar-refractivity contribution in [2.24, 2.45) is 5.92 Å². The number of thiophene rings is 1. The van der Waals surface area contributed by atoms with Crippen molar-refractivity contribution in [1.29, 1.82) is 0 Å². The number of hydrogen-bond donors (Lipinski definition) is 1. The third-order valence-corrected chi connectivity index (χ3v) is 6.91. The van der Waals surface area contributed by atoms with Gasteiger partial charge in [0.25, 0.3) is 0 Å². The first-order valence-electron chi connectivity index (χ1n) is 12.0. The predicted octanol–water partition coefficient (Wildman–Crippen LogP) is 4.14. The molecule has 0 unspecified atom stereocenters. The standard InChI is InChI=1S/C26H37FN2O4S/c1-18(2)15-32-16-21(30)13-28(19(3)4)14-26(31)29-11-9-25-23(10-12-34-25)24(29)17-33-22-7-5-20(27)6-8-22/h5-8,10,12,18-19,21,24,30H,9,11,13-17H2,1-4H3/t21-,24+/m1/s1. The monoisotopic (exact) mass is 492 g/mol. The molecule has 34 heavy (non-hydrogen) atoms. The minimum absolute atomic E-state index is 0.00792. The van der Waals surface area contributed by atoms with Crippen LogP contribution >= 0.6 is 11.3 Å². The lowest BCUT2D eigenvalue weighted by Crippen LogP contribution is -2.49. The van der Waals surface area contributed by atoms with Crippen LogP contribution in [0.3, 0.4) is 0 Å². The predicted molar refractivity (Wildman–Crippen MR) is 133 cm³/mol. The first kappa shape index (κ1) is 26.6. The molecule has 0 bridgehead atoms. The van der Waals surface area contributed by atoms with E-state index in [1.54, 1.807) is 23.5 Å². The van der Waals surface area contributed by atoms with E-state index in [2.05, 4.69) is 25.3 Å². The number of fused-ring (bicyclic) bond motifs is 1. The van der Waals surface area contributed by atoms with Gasteiger partial charge < -0.3 is 19.5 Å². The molecule has 1 N–H and O–H groups in total. The van der Waals surface area contributed by atoms with Gasteiger partial charge in [0.05, 0.1) is 25.3 Å². The molecule has 0 aliphatic carbocycles. The van der Waals surface area contributed by atoms with Crippen LogP contribution in [0.4, 0.5) is 4.39 Å². The molecule has 188 valence electrons. The summed E-state index contributed by atoms with van der Waals surface area (Å²) in [6.45, 7) is 10.5. The first-order chi connectivity index (χ1) is 16.2. The molecule has 3 rings (SSSR count). The zero-order valence-corrected chi connectivity index (χ0v) is 21.4. The SMILES string of the molecule is CC(C)COC[C@H](O)CN(CC(=O)N1CCc2sccc2[C@@H]1COc1ccc(F)cc1)C(C)C.